The van der Waals surface area contributed by atoms with Crippen LogP contribution in [-0.4, -0.2) is 36.7 Å². The van der Waals surface area contributed by atoms with E-state index in [9.17, 15) is 49.1 Å². The molecule has 51 heavy (non-hydrogen) atoms. The molecule has 1 aliphatic carbocycles. The Bertz CT molecular complexity index is 1860. The molecule has 0 N–H and O–H groups in total. The van der Waals surface area contributed by atoms with E-state index in [1.165, 1.54) is 37.1 Å². The number of cyclic esters (lactones) is 1. The molecule has 1 aliphatic heterocycles. The Morgan fingerprint density at radius 2 is 1.43 bits per heavy atom. The standard InChI is InChI=1S/C37H34F9NO4/c1-19-10-21(32(48)50-5)6-7-29(19)22-11-23(13-26(12-22)35(38,39)40)30-8-9-34(3,4)17-25(30)18-47-20(2)31(51-33(47)49)24-14-27(36(41,42)43)16-28(15-24)37(44,45)46/h6-7,10-16,20,31H,8-9,17-18H2,1-5H3/t20-,31-/m0/s1. The summed E-state index contributed by atoms with van der Waals surface area (Å²) in [6.07, 6.45) is -16.2. The Kier molecular flexibility index (Phi) is 9.80. The minimum atomic E-state index is -5.11. The fraction of sp³-hybridized carbons (Fsp3) is 0.405. The lowest BCUT2D eigenvalue weighted by atomic mass is 9.72. The van der Waals surface area contributed by atoms with E-state index >= 15 is 0 Å². The summed E-state index contributed by atoms with van der Waals surface area (Å²) in [7, 11) is 1.21. The van der Waals surface area contributed by atoms with Gasteiger partial charge in [-0.05, 0) is 126 Å². The Labute approximate surface area is 288 Å². The molecule has 0 aromatic heterocycles. The van der Waals surface area contributed by atoms with Crippen LogP contribution in [0, 0.1) is 12.3 Å². The van der Waals surface area contributed by atoms with Crippen LogP contribution >= 0.6 is 0 Å². The van der Waals surface area contributed by atoms with E-state index in [0.29, 0.717) is 53.7 Å². The molecule has 1 amide bonds. The molecular weight excluding hydrogens is 693 g/mol. The van der Waals surface area contributed by atoms with Crippen LogP contribution in [0.15, 0.2) is 60.2 Å². The van der Waals surface area contributed by atoms with Gasteiger partial charge in [0, 0.05) is 6.54 Å². The maximum atomic E-state index is 14.3. The van der Waals surface area contributed by atoms with Crippen LogP contribution in [0.1, 0.15) is 89.9 Å². The second-order valence-corrected chi connectivity index (χ2v) is 13.8. The smallest absolute Gasteiger partial charge is 0.416 e. The van der Waals surface area contributed by atoms with E-state index in [1.54, 1.807) is 13.0 Å². The molecule has 2 aliphatic rings. The number of carbonyl (C=O) groups is 2. The number of halogens is 9. The first-order valence-corrected chi connectivity index (χ1v) is 15.9. The van der Waals surface area contributed by atoms with Gasteiger partial charge in [0.2, 0.25) is 0 Å². The Hall–Kier alpha value is -4.49. The summed E-state index contributed by atoms with van der Waals surface area (Å²) in [5, 5.41) is 0. The lowest BCUT2D eigenvalue weighted by Gasteiger charge is -2.35. The van der Waals surface area contributed by atoms with Crippen molar-refractivity contribution in [2.24, 2.45) is 5.41 Å². The number of hydrogen-bond acceptors (Lipinski definition) is 4. The number of alkyl halides is 9. The predicted molar refractivity (Wildman–Crippen MR) is 169 cm³/mol. The zero-order valence-corrected chi connectivity index (χ0v) is 28.2. The number of carbonyl (C=O) groups excluding carboxylic acids is 2. The molecule has 5 rings (SSSR count). The SMILES string of the molecule is COC(=O)c1ccc(-c2cc(C3=C(CN4C(=O)O[C@H](c5cc(C(F)(F)F)cc(C(F)(F)F)c5)[C@@H]4C)CC(C)(C)CC3)cc(C(F)(F)F)c2)c(C)c1. The van der Waals surface area contributed by atoms with Crippen molar-refractivity contribution in [1.29, 1.82) is 0 Å². The van der Waals surface area contributed by atoms with Crippen LogP contribution in [0.4, 0.5) is 44.3 Å². The molecule has 1 saturated heterocycles. The zero-order valence-electron chi connectivity index (χ0n) is 28.2. The van der Waals surface area contributed by atoms with Crippen molar-refractivity contribution in [1.82, 2.24) is 4.90 Å². The van der Waals surface area contributed by atoms with Gasteiger partial charge in [-0.15, -0.1) is 0 Å². The summed E-state index contributed by atoms with van der Waals surface area (Å²) in [5.74, 6) is -0.611. The van der Waals surface area contributed by atoms with Crippen molar-refractivity contribution in [3.8, 4) is 11.1 Å². The minimum absolute atomic E-state index is 0.0117. The monoisotopic (exact) mass is 727 g/mol. The molecule has 2 atom stereocenters. The van der Waals surface area contributed by atoms with E-state index in [-0.39, 0.29) is 34.7 Å². The van der Waals surface area contributed by atoms with Crippen LogP contribution in [0.3, 0.4) is 0 Å². The first kappa shape index (κ1) is 37.8. The van der Waals surface area contributed by atoms with Gasteiger partial charge in [-0.2, -0.15) is 39.5 Å². The number of hydrogen-bond donors (Lipinski definition) is 0. The molecule has 3 aromatic carbocycles. The third-order valence-corrected chi connectivity index (χ3v) is 9.43. The van der Waals surface area contributed by atoms with Gasteiger partial charge in [-0.1, -0.05) is 19.9 Å². The Morgan fingerprint density at radius 1 is 0.863 bits per heavy atom. The largest absolute Gasteiger partial charge is 0.465 e. The van der Waals surface area contributed by atoms with E-state index in [4.69, 9.17) is 9.47 Å². The third kappa shape index (κ3) is 8.04. The average Bonchev–Trinajstić information content (AvgIpc) is 3.30. The number of benzene rings is 3. The first-order chi connectivity index (χ1) is 23.5. The highest BCUT2D eigenvalue weighted by Gasteiger charge is 2.44. The Balaban J connectivity index is 1.58. The van der Waals surface area contributed by atoms with Crippen LogP contribution < -0.4 is 0 Å². The number of allylic oxidation sites excluding steroid dienone is 1. The van der Waals surface area contributed by atoms with E-state index in [2.05, 4.69) is 0 Å². The van der Waals surface area contributed by atoms with Crippen molar-refractivity contribution < 1.29 is 58.6 Å². The van der Waals surface area contributed by atoms with Crippen LogP contribution in [0.5, 0.6) is 0 Å². The summed E-state index contributed by atoms with van der Waals surface area (Å²) in [6.45, 7) is 6.79. The van der Waals surface area contributed by atoms with Gasteiger partial charge < -0.3 is 9.47 Å². The lowest BCUT2D eigenvalue weighted by Crippen LogP contribution is -2.35. The predicted octanol–water partition coefficient (Wildman–Crippen LogP) is 11.1. The average molecular weight is 728 g/mol. The number of ether oxygens (including phenoxy) is 2. The summed E-state index contributed by atoms with van der Waals surface area (Å²) in [5.41, 5.74) is -2.11. The molecule has 0 unspecified atom stereocenters. The molecule has 0 saturated carbocycles. The fourth-order valence-electron chi connectivity index (χ4n) is 6.77. The number of rotatable bonds is 6. The molecule has 3 aromatic rings. The van der Waals surface area contributed by atoms with Gasteiger partial charge in [-0.25, -0.2) is 9.59 Å². The summed E-state index contributed by atoms with van der Waals surface area (Å²) in [6, 6.07) is 8.09. The molecular formula is C37H34F9NO4. The molecule has 5 nitrogen and oxygen atoms in total. The molecule has 0 bridgehead atoms. The highest BCUT2D eigenvalue weighted by molar-refractivity contribution is 5.90. The van der Waals surface area contributed by atoms with Crippen LogP contribution in [0.2, 0.25) is 0 Å². The topological polar surface area (TPSA) is 55.8 Å². The van der Waals surface area contributed by atoms with Gasteiger partial charge in [0.15, 0.2) is 0 Å². The normalized spacial score (nSPS) is 19.7. The van der Waals surface area contributed by atoms with Crippen molar-refractivity contribution in [2.75, 3.05) is 13.7 Å². The van der Waals surface area contributed by atoms with E-state index in [1.807, 2.05) is 13.8 Å². The highest BCUT2D eigenvalue weighted by atomic mass is 19.4. The number of aryl methyl sites for hydroxylation is 1. The second kappa shape index (κ2) is 13.2. The maximum Gasteiger partial charge on any atom is 0.416 e. The second-order valence-electron chi connectivity index (χ2n) is 13.8. The first-order valence-electron chi connectivity index (χ1n) is 15.9. The summed E-state index contributed by atoms with van der Waals surface area (Å²) < 4.78 is 135. The van der Waals surface area contributed by atoms with Gasteiger partial charge in [0.05, 0.1) is 35.4 Å². The van der Waals surface area contributed by atoms with Gasteiger partial charge in [-0.3, -0.25) is 4.90 Å². The summed E-state index contributed by atoms with van der Waals surface area (Å²) in [4.78, 5) is 26.4. The minimum Gasteiger partial charge on any atom is -0.465 e. The molecule has 14 heteroatoms. The third-order valence-electron chi connectivity index (χ3n) is 9.43. The number of esters is 1. The van der Waals surface area contributed by atoms with Crippen LogP contribution in [0.25, 0.3) is 16.7 Å². The maximum absolute atomic E-state index is 14.3. The van der Waals surface area contributed by atoms with Crippen molar-refractivity contribution in [3.05, 3.63) is 99.1 Å². The van der Waals surface area contributed by atoms with Gasteiger partial charge in [0.1, 0.15) is 6.10 Å². The summed E-state index contributed by atoms with van der Waals surface area (Å²) >= 11 is 0. The highest BCUT2D eigenvalue weighted by Crippen LogP contribution is 2.47. The van der Waals surface area contributed by atoms with Gasteiger partial charge in [0.25, 0.3) is 0 Å². The molecule has 1 fully saturated rings. The molecule has 274 valence electrons. The Morgan fingerprint density at radius 3 is 1.98 bits per heavy atom. The quantitative estimate of drug-likeness (QED) is 0.187. The van der Waals surface area contributed by atoms with Crippen molar-refractivity contribution in [3.63, 3.8) is 0 Å². The zero-order chi connectivity index (χ0) is 37.8. The van der Waals surface area contributed by atoms with Crippen molar-refractivity contribution in [2.45, 2.75) is 77.6 Å². The fourth-order valence-corrected chi connectivity index (χ4v) is 6.77. The number of methoxy groups -OCH3 is 1. The molecule has 0 radical (unpaired) electrons. The number of amides is 1. The molecule has 1 heterocycles. The number of nitrogens with zero attached hydrogens (tertiary/aromatic N) is 1. The van der Waals surface area contributed by atoms with Gasteiger partial charge >= 0.3 is 30.6 Å². The molecule has 0 spiro atoms. The van der Waals surface area contributed by atoms with Crippen molar-refractivity contribution >= 4 is 17.6 Å². The van der Waals surface area contributed by atoms with E-state index in [0.717, 1.165) is 12.1 Å². The lowest BCUT2D eigenvalue weighted by molar-refractivity contribution is -0.143. The van der Waals surface area contributed by atoms with Crippen LogP contribution in [-0.2, 0) is 28.0 Å². The van der Waals surface area contributed by atoms with E-state index < -0.39 is 65.0 Å².